The molecule has 0 spiro atoms. The van der Waals surface area contributed by atoms with Crippen molar-refractivity contribution in [2.24, 2.45) is 0 Å². The Balaban J connectivity index is 1.51. The van der Waals surface area contributed by atoms with E-state index < -0.39 is 5.60 Å². The van der Waals surface area contributed by atoms with Crippen molar-refractivity contribution in [3.8, 4) is 11.1 Å². The molecular formula is C21H23NO2. The first-order valence-electron chi connectivity index (χ1n) is 8.88. The van der Waals surface area contributed by atoms with Crippen LogP contribution in [0.4, 0.5) is 0 Å². The summed E-state index contributed by atoms with van der Waals surface area (Å²) in [6.45, 7) is 1.46. The van der Waals surface area contributed by atoms with Gasteiger partial charge in [0.1, 0.15) is 0 Å². The number of rotatable bonds is 1. The number of nitrogens with zero attached hydrogens (tertiary/aromatic N) is 1. The lowest BCUT2D eigenvalue weighted by Crippen LogP contribution is -2.59. The second kappa shape index (κ2) is 5.16. The van der Waals surface area contributed by atoms with E-state index in [-0.39, 0.29) is 0 Å². The second-order valence-electron chi connectivity index (χ2n) is 7.66. The van der Waals surface area contributed by atoms with Crippen LogP contribution in [0.2, 0.25) is 0 Å². The molecule has 1 N–H and O–H groups in total. The van der Waals surface area contributed by atoms with Crippen LogP contribution < -0.4 is 0 Å². The average Bonchev–Trinajstić information content (AvgIpc) is 2.94. The number of fused-ring (bicyclic) bond motifs is 5. The summed E-state index contributed by atoms with van der Waals surface area (Å²) in [4.78, 5) is 2.39. The normalized spacial score (nSPS) is 31.6. The third-order valence-corrected chi connectivity index (χ3v) is 6.25. The molecule has 2 aromatic rings. The van der Waals surface area contributed by atoms with E-state index in [1.54, 1.807) is 0 Å². The molecule has 3 heteroatoms. The third kappa shape index (κ3) is 2.08. The lowest BCUT2D eigenvalue weighted by Gasteiger charge is -2.50. The van der Waals surface area contributed by atoms with Crippen molar-refractivity contribution < 1.29 is 9.84 Å². The second-order valence-corrected chi connectivity index (χ2v) is 7.66. The zero-order valence-corrected chi connectivity index (χ0v) is 14.0. The van der Waals surface area contributed by atoms with Gasteiger partial charge in [0.15, 0.2) is 0 Å². The predicted octanol–water partition coefficient (Wildman–Crippen LogP) is 2.94. The molecule has 124 valence electrons. The van der Waals surface area contributed by atoms with Crippen LogP contribution in [0.3, 0.4) is 0 Å². The zero-order chi connectivity index (χ0) is 16.3. The predicted molar refractivity (Wildman–Crippen MR) is 94.0 cm³/mol. The molecule has 1 aliphatic carbocycles. The maximum absolute atomic E-state index is 11.4. The standard InChI is InChI=1S/C21H23NO2/c1-22-17-10-21(23,11-18(22)13-24-12-17)16-6-7-20-15(9-16)8-14-4-2-3-5-19(14)20/h2-7,9,17-18,23H,8,10-13H2,1H3. The van der Waals surface area contributed by atoms with Gasteiger partial charge in [-0.3, -0.25) is 4.90 Å². The molecule has 0 saturated carbocycles. The van der Waals surface area contributed by atoms with Gasteiger partial charge in [0.05, 0.1) is 18.8 Å². The SMILES string of the molecule is CN1C2COCC1CC(O)(c1ccc3c(c1)Cc1ccccc1-3)C2. The Kier molecular flexibility index (Phi) is 3.15. The number of ether oxygens (including phenoxy) is 1. The van der Waals surface area contributed by atoms with Crippen LogP contribution in [0, 0.1) is 0 Å². The van der Waals surface area contributed by atoms with E-state index in [0.717, 1.165) is 38.0 Å². The first kappa shape index (κ1) is 14.6. The summed E-state index contributed by atoms with van der Waals surface area (Å²) >= 11 is 0. The highest BCUT2D eigenvalue weighted by molar-refractivity contribution is 5.77. The molecule has 3 nitrogen and oxygen atoms in total. The van der Waals surface area contributed by atoms with Gasteiger partial charge in [-0.25, -0.2) is 0 Å². The maximum Gasteiger partial charge on any atom is 0.0928 e. The Labute approximate surface area is 142 Å². The van der Waals surface area contributed by atoms with Crippen LogP contribution in [0.5, 0.6) is 0 Å². The Morgan fingerprint density at radius 3 is 2.50 bits per heavy atom. The van der Waals surface area contributed by atoms with Gasteiger partial charge in [-0.05, 0) is 54.1 Å². The molecule has 2 aliphatic heterocycles. The minimum absolute atomic E-state index is 0.313. The van der Waals surface area contributed by atoms with Gasteiger partial charge in [-0.1, -0.05) is 42.5 Å². The summed E-state index contributed by atoms with van der Waals surface area (Å²) in [6.07, 6.45) is 2.49. The summed E-state index contributed by atoms with van der Waals surface area (Å²) in [5.41, 5.74) is 5.77. The Morgan fingerprint density at radius 1 is 1.00 bits per heavy atom. The Morgan fingerprint density at radius 2 is 1.71 bits per heavy atom. The van der Waals surface area contributed by atoms with Crippen molar-refractivity contribution in [1.29, 1.82) is 0 Å². The smallest absolute Gasteiger partial charge is 0.0928 e. The Hall–Kier alpha value is -1.68. The van der Waals surface area contributed by atoms with Crippen molar-refractivity contribution in [3.05, 3.63) is 59.2 Å². The molecule has 2 unspecified atom stereocenters. The van der Waals surface area contributed by atoms with E-state index in [1.807, 2.05) is 0 Å². The summed E-state index contributed by atoms with van der Waals surface area (Å²) in [5.74, 6) is 0. The molecule has 2 fully saturated rings. The van der Waals surface area contributed by atoms with Gasteiger partial charge in [-0.15, -0.1) is 0 Å². The Bertz CT molecular complexity index is 786. The average molecular weight is 321 g/mol. The largest absolute Gasteiger partial charge is 0.385 e. The fourth-order valence-electron chi connectivity index (χ4n) is 4.81. The van der Waals surface area contributed by atoms with Crippen molar-refractivity contribution in [2.45, 2.75) is 36.9 Å². The molecule has 2 aromatic carbocycles. The monoisotopic (exact) mass is 321 g/mol. The first-order chi connectivity index (χ1) is 11.6. The zero-order valence-electron chi connectivity index (χ0n) is 14.0. The van der Waals surface area contributed by atoms with E-state index in [4.69, 9.17) is 4.74 Å². The van der Waals surface area contributed by atoms with Crippen molar-refractivity contribution in [1.82, 2.24) is 4.90 Å². The fraction of sp³-hybridized carbons (Fsp3) is 0.429. The fourth-order valence-corrected chi connectivity index (χ4v) is 4.81. The van der Waals surface area contributed by atoms with Gasteiger partial charge in [0.2, 0.25) is 0 Å². The molecule has 2 saturated heterocycles. The lowest BCUT2D eigenvalue weighted by molar-refractivity contribution is -0.137. The number of benzene rings is 2. The number of likely N-dealkylation sites (N-methyl/N-ethyl adjacent to an activating group) is 1. The quantitative estimate of drug-likeness (QED) is 0.748. The summed E-state index contributed by atoms with van der Waals surface area (Å²) in [6, 6.07) is 15.8. The van der Waals surface area contributed by atoms with Gasteiger partial charge in [0.25, 0.3) is 0 Å². The van der Waals surface area contributed by atoms with E-state index in [0.29, 0.717) is 12.1 Å². The highest BCUT2D eigenvalue weighted by atomic mass is 16.5. The van der Waals surface area contributed by atoms with Crippen LogP contribution >= 0.6 is 0 Å². The van der Waals surface area contributed by atoms with E-state index in [1.165, 1.54) is 22.3 Å². The number of morpholine rings is 1. The molecule has 5 rings (SSSR count). The number of hydrogen-bond donors (Lipinski definition) is 1. The topological polar surface area (TPSA) is 32.7 Å². The molecule has 0 amide bonds. The van der Waals surface area contributed by atoms with Gasteiger partial charge >= 0.3 is 0 Å². The van der Waals surface area contributed by atoms with Crippen molar-refractivity contribution >= 4 is 0 Å². The number of hydrogen-bond acceptors (Lipinski definition) is 3. The number of aliphatic hydroxyl groups is 1. The molecule has 0 radical (unpaired) electrons. The van der Waals surface area contributed by atoms with Crippen molar-refractivity contribution in [2.75, 3.05) is 20.3 Å². The van der Waals surface area contributed by atoms with Gasteiger partial charge < -0.3 is 9.84 Å². The van der Waals surface area contributed by atoms with Crippen LogP contribution in [0.25, 0.3) is 11.1 Å². The number of piperidine rings is 1. The van der Waals surface area contributed by atoms with E-state index in [2.05, 4.69) is 54.4 Å². The lowest BCUT2D eigenvalue weighted by atomic mass is 9.76. The van der Waals surface area contributed by atoms with Crippen LogP contribution in [0.1, 0.15) is 29.5 Å². The van der Waals surface area contributed by atoms with Gasteiger partial charge in [-0.2, -0.15) is 0 Å². The highest BCUT2D eigenvalue weighted by Crippen LogP contribution is 2.43. The summed E-state index contributed by atoms with van der Waals surface area (Å²) in [5, 5.41) is 11.4. The molecule has 2 bridgehead atoms. The molecular weight excluding hydrogens is 298 g/mol. The maximum atomic E-state index is 11.4. The van der Waals surface area contributed by atoms with E-state index >= 15 is 0 Å². The summed E-state index contributed by atoms with van der Waals surface area (Å²) < 4.78 is 5.70. The van der Waals surface area contributed by atoms with Crippen LogP contribution in [0.15, 0.2) is 42.5 Å². The highest BCUT2D eigenvalue weighted by Gasteiger charge is 2.45. The molecule has 2 heterocycles. The van der Waals surface area contributed by atoms with Crippen LogP contribution in [-0.2, 0) is 16.8 Å². The molecule has 2 atom stereocenters. The van der Waals surface area contributed by atoms with E-state index in [9.17, 15) is 5.11 Å². The van der Waals surface area contributed by atoms with Crippen LogP contribution in [-0.4, -0.2) is 42.4 Å². The summed E-state index contributed by atoms with van der Waals surface area (Å²) in [7, 11) is 2.16. The minimum atomic E-state index is -0.727. The molecule has 0 aromatic heterocycles. The molecule has 24 heavy (non-hydrogen) atoms. The van der Waals surface area contributed by atoms with Gasteiger partial charge in [0, 0.05) is 12.1 Å². The minimum Gasteiger partial charge on any atom is -0.385 e. The van der Waals surface area contributed by atoms with Crippen molar-refractivity contribution in [3.63, 3.8) is 0 Å². The first-order valence-corrected chi connectivity index (χ1v) is 8.88. The molecule has 3 aliphatic rings. The third-order valence-electron chi connectivity index (χ3n) is 6.25.